The molecule has 0 spiro atoms. The molecule has 1 aromatic rings. The Morgan fingerprint density at radius 3 is 2.55 bits per heavy atom. The summed E-state index contributed by atoms with van der Waals surface area (Å²) in [7, 11) is 0. The van der Waals surface area contributed by atoms with Gasteiger partial charge in [-0.25, -0.2) is 4.98 Å². The Morgan fingerprint density at radius 1 is 1.36 bits per heavy atom. The molecule has 7 heteroatoms. The van der Waals surface area contributed by atoms with Crippen LogP contribution in [0, 0.1) is 19.3 Å². The minimum absolute atomic E-state index is 0.346. The molecule has 0 aliphatic carbocycles. The van der Waals surface area contributed by atoms with E-state index in [2.05, 4.69) is 27.5 Å². The van der Waals surface area contributed by atoms with Crippen LogP contribution in [-0.2, 0) is 11.2 Å². The van der Waals surface area contributed by atoms with Gasteiger partial charge in [0.15, 0.2) is 5.96 Å². The third-order valence-electron chi connectivity index (χ3n) is 3.35. The lowest BCUT2D eigenvalue weighted by atomic mass is 9.93. The largest absolute Gasteiger partial charge is 0.369 e. The van der Waals surface area contributed by atoms with Crippen LogP contribution >= 0.6 is 11.3 Å². The number of rotatable bonds is 7. The molecule has 0 saturated carbocycles. The fourth-order valence-corrected chi connectivity index (χ4v) is 2.56. The van der Waals surface area contributed by atoms with E-state index < -0.39 is 5.41 Å². The quantitative estimate of drug-likeness (QED) is 0.521. The molecular weight excluding hydrogens is 298 g/mol. The number of thiazole rings is 1. The van der Waals surface area contributed by atoms with Crippen LogP contribution in [0.15, 0.2) is 4.99 Å². The summed E-state index contributed by atoms with van der Waals surface area (Å²) in [6.45, 7) is 11.6. The van der Waals surface area contributed by atoms with Gasteiger partial charge in [0.25, 0.3) is 0 Å². The maximum absolute atomic E-state index is 11.3. The number of amides is 1. The molecule has 0 aromatic carbocycles. The van der Waals surface area contributed by atoms with E-state index in [0.717, 1.165) is 30.2 Å². The monoisotopic (exact) mass is 325 g/mol. The summed E-state index contributed by atoms with van der Waals surface area (Å²) in [5.41, 5.74) is 5.82. The second kappa shape index (κ2) is 8.12. The van der Waals surface area contributed by atoms with Gasteiger partial charge in [-0.2, -0.15) is 0 Å². The minimum atomic E-state index is -0.647. The van der Waals surface area contributed by atoms with Crippen molar-refractivity contribution in [2.24, 2.45) is 16.1 Å². The van der Waals surface area contributed by atoms with Gasteiger partial charge in [-0.05, 0) is 34.6 Å². The number of hydrogen-bond acceptors (Lipinski definition) is 4. The number of nitrogens with two attached hydrogens (primary N) is 1. The first-order chi connectivity index (χ1) is 10.3. The van der Waals surface area contributed by atoms with Crippen molar-refractivity contribution in [3.8, 4) is 0 Å². The van der Waals surface area contributed by atoms with Crippen molar-refractivity contribution in [1.82, 2.24) is 15.6 Å². The van der Waals surface area contributed by atoms with Crippen molar-refractivity contribution in [2.75, 3.05) is 19.6 Å². The molecule has 1 amide bonds. The van der Waals surface area contributed by atoms with Crippen molar-refractivity contribution in [1.29, 1.82) is 0 Å². The maximum atomic E-state index is 11.3. The van der Waals surface area contributed by atoms with Gasteiger partial charge in [0.2, 0.25) is 5.91 Å². The molecule has 0 fully saturated rings. The van der Waals surface area contributed by atoms with Crippen LogP contribution in [0.2, 0.25) is 0 Å². The number of nitrogens with one attached hydrogen (secondary N) is 2. The number of aromatic nitrogens is 1. The van der Waals surface area contributed by atoms with Gasteiger partial charge in [-0.1, -0.05) is 0 Å². The zero-order chi connectivity index (χ0) is 16.8. The van der Waals surface area contributed by atoms with Crippen molar-refractivity contribution in [2.45, 2.75) is 41.0 Å². The summed E-state index contributed by atoms with van der Waals surface area (Å²) in [6, 6.07) is 0. The number of carbonyl (C=O) groups is 1. The predicted molar refractivity (Wildman–Crippen MR) is 92.2 cm³/mol. The van der Waals surface area contributed by atoms with E-state index in [9.17, 15) is 4.79 Å². The average Bonchev–Trinajstić information content (AvgIpc) is 2.75. The normalized spacial score (nSPS) is 12.3. The third-order valence-corrected chi connectivity index (χ3v) is 4.48. The lowest BCUT2D eigenvalue weighted by Gasteiger charge is -2.19. The van der Waals surface area contributed by atoms with Gasteiger partial charge in [0.05, 0.1) is 22.7 Å². The molecule has 4 N–H and O–H groups in total. The summed E-state index contributed by atoms with van der Waals surface area (Å²) in [6.07, 6.45) is 0.850. The summed E-state index contributed by atoms with van der Waals surface area (Å²) in [4.78, 5) is 21.5. The van der Waals surface area contributed by atoms with Crippen molar-refractivity contribution in [3.63, 3.8) is 0 Å². The van der Waals surface area contributed by atoms with Gasteiger partial charge < -0.3 is 16.4 Å². The standard InChI is InChI=1S/C15H27N5OS/c1-6-17-14(19-9-15(4,5)13(16)21)18-8-7-12-20-10(2)11(3)22-12/h6-9H2,1-5H3,(H2,16,21)(H2,17,18,19). The molecule has 1 rings (SSSR count). The SMILES string of the molecule is CCNC(=NCC(C)(C)C(N)=O)NCCc1nc(C)c(C)s1. The number of aliphatic imine (C=N–C) groups is 1. The van der Waals surface area contributed by atoms with E-state index in [1.807, 2.05) is 13.8 Å². The van der Waals surface area contributed by atoms with Crippen LogP contribution in [-0.4, -0.2) is 36.5 Å². The Labute approximate surface area is 136 Å². The molecular formula is C15H27N5OS. The zero-order valence-corrected chi connectivity index (χ0v) is 14.9. The summed E-state index contributed by atoms with van der Waals surface area (Å²) < 4.78 is 0. The van der Waals surface area contributed by atoms with E-state index in [0.29, 0.717) is 12.5 Å². The first-order valence-electron chi connectivity index (χ1n) is 7.51. The summed E-state index contributed by atoms with van der Waals surface area (Å²) in [5.74, 6) is 0.350. The van der Waals surface area contributed by atoms with Gasteiger partial charge in [-0.15, -0.1) is 11.3 Å². The Morgan fingerprint density at radius 2 is 2.05 bits per heavy atom. The molecule has 0 radical (unpaired) electrons. The van der Waals surface area contributed by atoms with Gasteiger partial charge in [-0.3, -0.25) is 9.79 Å². The highest BCUT2D eigenvalue weighted by Crippen LogP contribution is 2.16. The lowest BCUT2D eigenvalue weighted by Crippen LogP contribution is -2.40. The first kappa shape index (κ1) is 18.4. The second-order valence-electron chi connectivity index (χ2n) is 5.87. The van der Waals surface area contributed by atoms with Crippen LogP contribution in [0.25, 0.3) is 0 Å². The van der Waals surface area contributed by atoms with Gasteiger partial charge in [0.1, 0.15) is 0 Å². The molecule has 0 atom stereocenters. The molecule has 22 heavy (non-hydrogen) atoms. The molecule has 6 nitrogen and oxygen atoms in total. The summed E-state index contributed by atoms with van der Waals surface area (Å²) >= 11 is 1.73. The molecule has 0 aliphatic heterocycles. The Hall–Kier alpha value is -1.63. The fourth-order valence-electron chi connectivity index (χ4n) is 1.63. The Bertz CT molecular complexity index is 517. The first-order valence-corrected chi connectivity index (χ1v) is 8.33. The highest BCUT2D eigenvalue weighted by atomic mass is 32.1. The third kappa shape index (κ3) is 5.63. The van der Waals surface area contributed by atoms with E-state index >= 15 is 0 Å². The Balaban J connectivity index is 2.55. The number of aryl methyl sites for hydroxylation is 2. The molecule has 1 heterocycles. The number of carbonyl (C=O) groups excluding carboxylic acids is 1. The van der Waals surface area contributed by atoms with Gasteiger partial charge >= 0.3 is 0 Å². The van der Waals surface area contributed by atoms with E-state index in [1.165, 1.54) is 4.88 Å². The molecule has 0 bridgehead atoms. The molecule has 0 unspecified atom stereocenters. The second-order valence-corrected chi connectivity index (χ2v) is 7.16. The van der Waals surface area contributed by atoms with Crippen molar-refractivity contribution in [3.05, 3.63) is 15.6 Å². The van der Waals surface area contributed by atoms with Crippen molar-refractivity contribution < 1.29 is 4.79 Å². The van der Waals surface area contributed by atoms with Gasteiger partial charge in [0, 0.05) is 24.4 Å². The molecule has 0 aliphatic rings. The number of hydrogen-bond donors (Lipinski definition) is 3. The van der Waals surface area contributed by atoms with Crippen LogP contribution in [0.5, 0.6) is 0 Å². The summed E-state index contributed by atoms with van der Waals surface area (Å²) in [5, 5.41) is 7.55. The zero-order valence-electron chi connectivity index (χ0n) is 14.1. The maximum Gasteiger partial charge on any atom is 0.224 e. The topological polar surface area (TPSA) is 92.4 Å². The number of nitrogens with zero attached hydrogens (tertiary/aromatic N) is 2. The highest BCUT2D eigenvalue weighted by Gasteiger charge is 2.24. The van der Waals surface area contributed by atoms with E-state index in [-0.39, 0.29) is 5.91 Å². The highest BCUT2D eigenvalue weighted by molar-refractivity contribution is 7.11. The minimum Gasteiger partial charge on any atom is -0.369 e. The van der Waals surface area contributed by atoms with E-state index in [1.54, 1.807) is 25.2 Å². The van der Waals surface area contributed by atoms with Crippen LogP contribution in [0.1, 0.15) is 36.3 Å². The Kier molecular flexibility index (Phi) is 6.80. The molecule has 124 valence electrons. The number of primary amides is 1. The van der Waals surface area contributed by atoms with Crippen LogP contribution in [0.3, 0.4) is 0 Å². The predicted octanol–water partition coefficient (Wildman–Crippen LogP) is 1.37. The van der Waals surface area contributed by atoms with Crippen LogP contribution in [0.4, 0.5) is 0 Å². The smallest absolute Gasteiger partial charge is 0.224 e. The number of guanidine groups is 1. The fraction of sp³-hybridized carbons (Fsp3) is 0.667. The molecule has 1 aromatic heterocycles. The van der Waals surface area contributed by atoms with Crippen LogP contribution < -0.4 is 16.4 Å². The average molecular weight is 325 g/mol. The van der Waals surface area contributed by atoms with E-state index in [4.69, 9.17) is 5.73 Å². The molecule has 0 saturated heterocycles. The van der Waals surface area contributed by atoms with Crippen molar-refractivity contribution >= 4 is 23.2 Å². The lowest BCUT2D eigenvalue weighted by molar-refractivity contribution is -0.125.